The molecule has 10 heteroatoms. The first kappa shape index (κ1) is 44.0. The highest BCUT2D eigenvalue weighted by molar-refractivity contribution is 7.47. The van der Waals surface area contributed by atoms with Crippen molar-refractivity contribution >= 4 is 19.8 Å². The number of hydrogen-bond donors (Lipinski definition) is 1. The molecule has 0 amide bonds. The number of likely N-dealkylation sites (N-methyl/N-ethyl adjacent to an activating group) is 1. The van der Waals surface area contributed by atoms with Gasteiger partial charge in [0.05, 0.1) is 27.7 Å². The maximum Gasteiger partial charge on any atom is 0.472 e. The fourth-order valence-corrected chi connectivity index (χ4v) is 5.70. The molecule has 2 atom stereocenters. The van der Waals surface area contributed by atoms with E-state index in [1.807, 2.05) is 21.1 Å². The Labute approximate surface area is 276 Å². The van der Waals surface area contributed by atoms with Gasteiger partial charge in [0.25, 0.3) is 0 Å². The summed E-state index contributed by atoms with van der Waals surface area (Å²) in [5.41, 5.74) is 0. The Morgan fingerprint density at radius 1 is 0.600 bits per heavy atom. The number of rotatable bonds is 33. The molecule has 0 spiro atoms. The van der Waals surface area contributed by atoms with Crippen LogP contribution < -0.4 is 0 Å². The minimum Gasteiger partial charge on any atom is -0.462 e. The molecule has 0 aromatic rings. The number of nitrogens with zero attached hydrogens (tertiary/aromatic N) is 1. The third-order valence-electron chi connectivity index (χ3n) is 7.89. The molecule has 0 bridgehead atoms. The molecule has 268 valence electrons. The first-order valence-corrected chi connectivity index (χ1v) is 19.8. The van der Waals surface area contributed by atoms with Gasteiger partial charge in [0.2, 0.25) is 0 Å². The van der Waals surface area contributed by atoms with Crippen LogP contribution in [0.4, 0.5) is 0 Å². The lowest BCUT2D eigenvalue weighted by Crippen LogP contribution is -2.37. The highest BCUT2D eigenvalue weighted by Gasteiger charge is 2.27. The van der Waals surface area contributed by atoms with Crippen LogP contribution in [-0.2, 0) is 32.7 Å². The van der Waals surface area contributed by atoms with Crippen LogP contribution in [0.5, 0.6) is 0 Å². The molecule has 45 heavy (non-hydrogen) atoms. The number of hydrogen-bond acceptors (Lipinski definition) is 7. The van der Waals surface area contributed by atoms with Gasteiger partial charge in [0, 0.05) is 12.8 Å². The Kier molecular flexibility index (Phi) is 28.5. The fourth-order valence-electron chi connectivity index (χ4n) is 4.95. The van der Waals surface area contributed by atoms with Gasteiger partial charge in [-0.15, -0.1) is 0 Å². The Hall–Kier alpha value is -0.990. The Balaban J connectivity index is 4.40. The summed E-state index contributed by atoms with van der Waals surface area (Å²) >= 11 is 0. The number of phosphoric acid groups is 1. The molecule has 1 N–H and O–H groups in total. The molecule has 9 nitrogen and oxygen atoms in total. The summed E-state index contributed by atoms with van der Waals surface area (Å²) in [4.78, 5) is 35.0. The zero-order valence-electron chi connectivity index (χ0n) is 29.9. The smallest absolute Gasteiger partial charge is 0.462 e. The summed E-state index contributed by atoms with van der Waals surface area (Å²) in [6, 6.07) is 0. The van der Waals surface area contributed by atoms with Gasteiger partial charge >= 0.3 is 19.8 Å². The highest BCUT2D eigenvalue weighted by Crippen LogP contribution is 2.43. The second-order valence-electron chi connectivity index (χ2n) is 13.6. The van der Waals surface area contributed by atoms with Gasteiger partial charge in [-0.2, -0.15) is 0 Å². The molecule has 0 aliphatic heterocycles. The van der Waals surface area contributed by atoms with Gasteiger partial charge in [-0.25, -0.2) is 4.57 Å². The lowest BCUT2D eigenvalue weighted by Gasteiger charge is -2.24. The first-order valence-electron chi connectivity index (χ1n) is 18.3. The molecule has 0 saturated heterocycles. The predicted molar refractivity (Wildman–Crippen MR) is 183 cm³/mol. The van der Waals surface area contributed by atoms with Gasteiger partial charge in [-0.3, -0.25) is 18.6 Å². The van der Waals surface area contributed by atoms with E-state index < -0.39 is 26.5 Å². The predicted octanol–water partition coefficient (Wildman–Crippen LogP) is 9.29. The highest BCUT2D eigenvalue weighted by atomic mass is 31.2. The third kappa shape index (κ3) is 32.7. The van der Waals surface area contributed by atoms with E-state index in [0.717, 1.165) is 32.1 Å². The SMILES string of the molecule is CCCCCCCCCCCCCCCC(=O)OC[C@H](COP(=O)(O)OCC[N+](C)(C)C)OC(=O)CCCCCCCCCC. The van der Waals surface area contributed by atoms with E-state index in [1.54, 1.807) is 0 Å². The minimum atomic E-state index is -4.35. The topological polar surface area (TPSA) is 108 Å². The maximum atomic E-state index is 12.5. The number of esters is 2. The van der Waals surface area contributed by atoms with Gasteiger partial charge in [-0.05, 0) is 12.8 Å². The Morgan fingerprint density at radius 2 is 1.00 bits per heavy atom. The standard InChI is InChI=1S/C35H70NO8P/c1-6-8-10-12-14-16-17-18-19-20-22-23-25-27-34(37)41-31-33(32-43-45(39,40)42-30-29-36(3,4)5)44-35(38)28-26-24-21-15-13-11-9-7-2/h33H,6-32H2,1-5H3/p+1/t33-/m1/s1. The summed E-state index contributed by atoms with van der Waals surface area (Å²) in [5, 5.41) is 0. The molecular formula is C35H71NO8P+. The van der Waals surface area contributed by atoms with Crippen molar-refractivity contribution in [1.82, 2.24) is 0 Å². The molecule has 0 fully saturated rings. The van der Waals surface area contributed by atoms with Crippen LogP contribution in [0.2, 0.25) is 0 Å². The van der Waals surface area contributed by atoms with E-state index in [-0.39, 0.29) is 25.6 Å². The molecule has 0 rings (SSSR count). The zero-order chi connectivity index (χ0) is 33.7. The quantitative estimate of drug-likeness (QED) is 0.0320. The largest absolute Gasteiger partial charge is 0.472 e. The number of unbranched alkanes of at least 4 members (excludes halogenated alkanes) is 19. The van der Waals surface area contributed by atoms with Crippen molar-refractivity contribution in [3.8, 4) is 0 Å². The molecule has 0 radical (unpaired) electrons. The average Bonchev–Trinajstić information content (AvgIpc) is 2.97. The van der Waals surface area contributed by atoms with E-state index in [2.05, 4.69) is 13.8 Å². The second kappa shape index (κ2) is 29.2. The molecule has 0 saturated carbocycles. The van der Waals surface area contributed by atoms with E-state index in [4.69, 9.17) is 18.5 Å². The molecule has 0 aliphatic carbocycles. The summed E-state index contributed by atoms with van der Waals surface area (Å²) in [5.74, 6) is -0.797. The van der Waals surface area contributed by atoms with Crippen LogP contribution in [0.15, 0.2) is 0 Å². The number of quaternary nitrogens is 1. The molecule has 0 aromatic heterocycles. The van der Waals surface area contributed by atoms with Crippen molar-refractivity contribution < 1.29 is 42.1 Å². The van der Waals surface area contributed by atoms with Crippen molar-refractivity contribution in [3.63, 3.8) is 0 Å². The maximum absolute atomic E-state index is 12.5. The number of phosphoric ester groups is 1. The van der Waals surface area contributed by atoms with Gasteiger partial charge in [0.1, 0.15) is 19.8 Å². The van der Waals surface area contributed by atoms with Crippen LogP contribution in [0.25, 0.3) is 0 Å². The molecule has 0 heterocycles. The second-order valence-corrected chi connectivity index (χ2v) is 15.1. The molecular weight excluding hydrogens is 593 g/mol. The van der Waals surface area contributed by atoms with E-state index in [1.165, 1.54) is 96.3 Å². The van der Waals surface area contributed by atoms with Crippen LogP contribution >= 0.6 is 7.82 Å². The van der Waals surface area contributed by atoms with Gasteiger partial charge < -0.3 is 18.9 Å². The number of carbonyl (C=O) groups is 2. The van der Waals surface area contributed by atoms with Crippen molar-refractivity contribution in [2.45, 2.75) is 168 Å². The summed E-state index contributed by atoms with van der Waals surface area (Å²) in [7, 11) is 1.48. The van der Waals surface area contributed by atoms with Crippen molar-refractivity contribution in [2.24, 2.45) is 0 Å². The fraction of sp³-hybridized carbons (Fsp3) is 0.943. The summed E-state index contributed by atoms with van der Waals surface area (Å²) < 4.78 is 34.0. The van der Waals surface area contributed by atoms with Crippen LogP contribution in [-0.4, -0.2) is 74.9 Å². The normalized spacial score (nSPS) is 13.8. The lowest BCUT2D eigenvalue weighted by atomic mass is 10.0. The van der Waals surface area contributed by atoms with Crippen molar-refractivity contribution in [3.05, 3.63) is 0 Å². The monoisotopic (exact) mass is 664 g/mol. The third-order valence-corrected chi connectivity index (χ3v) is 8.87. The van der Waals surface area contributed by atoms with E-state index in [0.29, 0.717) is 23.9 Å². The zero-order valence-corrected chi connectivity index (χ0v) is 30.8. The Morgan fingerprint density at radius 3 is 1.42 bits per heavy atom. The number of ether oxygens (including phenoxy) is 2. The molecule has 0 aliphatic rings. The van der Waals surface area contributed by atoms with Crippen LogP contribution in [0.3, 0.4) is 0 Å². The molecule has 1 unspecified atom stereocenters. The summed E-state index contributed by atoms with van der Waals surface area (Å²) in [6.07, 6.45) is 24.4. The number of carbonyl (C=O) groups excluding carboxylic acids is 2. The van der Waals surface area contributed by atoms with E-state index in [9.17, 15) is 19.0 Å². The summed E-state index contributed by atoms with van der Waals surface area (Å²) in [6.45, 7) is 4.38. The van der Waals surface area contributed by atoms with Gasteiger partial charge in [0.15, 0.2) is 6.10 Å². The van der Waals surface area contributed by atoms with Crippen molar-refractivity contribution in [2.75, 3.05) is 47.5 Å². The molecule has 0 aromatic carbocycles. The van der Waals surface area contributed by atoms with E-state index >= 15 is 0 Å². The Bertz CT molecular complexity index is 758. The lowest BCUT2D eigenvalue weighted by molar-refractivity contribution is -0.870. The average molecular weight is 665 g/mol. The van der Waals surface area contributed by atoms with Crippen LogP contribution in [0.1, 0.15) is 162 Å². The minimum absolute atomic E-state index is 0.0360. The van der Waals surface area contributed by atoms with Crippen LogP contribution in [0, 0.1) is 0 Å². The first-order chi connectivity index (χ1) is 21.5. The van der Waals surface area contributed by atoms with Crippen molar-refractivity contribution in [1.29, 1.82) is 0 Å². The van der Waals surface area contributed by atoms with Gasteiger partial charge in [-0.1, -0.05) is 136 Å².